The van der Waals surface area contributed by atoms with Gasteiger partial charge in [0.15, 0.2) is 17.5 Å². The first kappa shape index (κ1) is 16.6. The number of hydrogen-bond donors (Lipinski definition) is 2. The largest absolute Gasteiger partial charge is 0.388 e. The molecule has 3 aromatic rings. The van der Waals surface area contributed by atoms with Crippen molar-refractivity contribution in [2.24, 2.45) is 0 Å². The number of aliphatic hydroxyl groups is 1. The van der Waals surface area contributed by atoms with Gasteiger partial charge in [-0.25, -0.2) is 13.8 Å². The molecular weight excluding hydrogens is 332 g/mol. The fraction of sp³-hybridized carbons (Fsp3) is 0.176. The molecule has 1 unspecified atom stereocenters. The van der Waals surface area contributed by atoms with Crippen molar-refractivity contribution < 1.29 is 13.9 Å². The average molecular weight is 347 g/mol. The second-order valence-corrected chi connectivity index (χ2v) is 6.32. The smallest absolute Gasteiger partial charge is 0.208 e. The van der Waals surface area contributed by atoms with Gasteiger partial charge in [-0.3, -0.25) is 5.10 Å². The molecule has 0 aliphatic rings. The van der Waals surface area contributed by atoms with E-state index >= 15 is 0 Å². The molecule has 7 heteroatoms. The summed E-state index contributed by atoms with van der Waals surface area (Å²) >= 11 is 1.23. The highest BCUT2D eigenvalue weighted by Gasteiger charge is 2.13. The van der Waals surface area contributed by atoms with Crippen LogP contribution in [0.3, 0.4) is 0 Å². The molecule has 4 nitrogen and oxygen atoms in total. The highest BCUT2D eigenvalue weighted by Crippen LogP contribution is 2.25. The minimum Gasteiger partial charge on any atom is -0.388 e. The first-order valence-corrected chi connectivity index (χ1v) is 8.27. The average Bonchev–Trinajstić information content (AvgIpc) is 3.05. The Morgan fingerprint density at radius 3 is 2.58 bits per heavy atom. The van der Waals surface area contributed by atoms with Gasteiger partial charge in [0.25, 0.3) is 0 Å². The highest BCUT2D eigenvalue weighted by molar-refractivity contribution is 7.99. The monoisotopic (exact) mass is 347 g/mol. The number of halogens is 2. The van der Waals surface area contributed by atoms with Crippen LogP contribution < -0.4 is 0 Å². The highest BCUT2D eigenvalue weighted by atomic mass is 32.2. The summed E-state index contributed by atoms with van der Waals surface area (Å²) in [6.07, 6.45) is -0.938. The molecule has 0 aliphatic carbocycles. The molecule has 0 fully saturated rings. The number of aromatic nitrogens is 3. The van der Waals surface area contributed by atoms with Gasteiger partial charge >= 0.3 is 0 Å². The Labute approximate surface area is 142 Å². The molecule has 0 spiro atoms. The molecule has 0 amide bonds. The van der Waals surface area contributed by atoms with Crippen LogP contribution >= 0.6 is 11.8 Å². The summed E-state index contributed by atoms with van der Waals surface area (Å²) in [6, 6.07) is 11.2. The quantitative estimate of drug-likeness (QED) is 0.688. The lowest BCUT2D eigenvalue weighted by Gasteiger charge is -2.09. The second-order valence-electron chi connectivity index (χ2n) is 5.33. The van der Waals surface area contributed by atoms with E-state index in [1.54, 1.807) is 0 Å². The minimum absolute atomic E-state index is 0.232. The van der Waals surface area contributed by atoms with Gasteiger partial charge in [0, 0.05) is 11.3 Å². The number of aryl methyl sites for hydroxylation is 1. The van der Waals surface area contributed by atoms with Gasteiger partial charge in [-0.2, -0.15) is 0 Å². The topological polar surface area (TPSA) is 61.8 Å². The molecule has 0 bridgehead atoms. The molecule has 24 heavy (non-hydrogen) atoms. The third-order valence-electron chi connectivity index (χ3n) is 3.49. The first-order valence-electron chi connectivity index (χ1n) is 7.28. The summed E-state index contributed by atoms with van der Waals surface area (Å²) in [5, 5.41) is 17.5. The summed E-state index contributed by atoms with van der Waals surface area (Å²) in [7, 11) is 0. The third-order valence-corrected chi connectivity index (χ3v) is 4.41. The molecule has 2 aromatic carbocycles. The van der Waals surface area contributed by atoms with Crippen molar-refractivity contribution in [1.29, 1.82) is 0 Å². The van der Waals surface area contributed by atoms with Gasteiger partial charge in [0.1, 0.15) is 0 Å². The minimum atomic E-state index is -0.976. The van der Waals surface area contributed by atoms with Crippen LogP contribution in [0.2, 0.25) is 0 Å². The molecule has 1 atom stereocenters. The molecule has 2 N–H and O–H groups in total. The van der Waals surface area contributed by atoms with Crippen LogP contribution in [-0.4, -0.2) is 26.0 Å². The van der Waals surface area contributed by atoms with Crippen molar-refractivity contribution in [3.05, 3.63) is 65.2 Å². The Balaban J connectivity index is 1.64. The maximum absolute atomic E-state index is 13.2. The fourth-order valence-corrected chi connectivity index (χ4v) is 2.89. The van der Waals surface area contributed by atoms with Gasteiger partial charge in [-0.15, -0.1) is 5.10 Å². The normalized spacial score (nSPS) is 12.3. The van der Waals surface area contributed by atoms with Crippen LogP contribution in [0.1, 0.15) is 17.2 Å². The molecule has 0 saturated carbocycles. The van der Waals surface area contributed by atoms with E-state index < -0.39 is 17.7 Å². The van der Waals surface area contributed by atoms with Crippen molar-refractivity contribution in [2.75, 3.05) is 5.75 Å². The van der Waals surface area contributed by atoms with Gasteiger partial charge in [-0.05, 0) is 24.6 Å². The first-order chi connectivity index (χ1) is 11.5. The molecule has 124 valence electrons. The molecule has 0 radical (unpaired) electrons. The lowest BCUT2D eigenvalue weighted by molar-refractivity contribution is 0.203. The zero-order chi connectivity index (χ0) is 17.1. The summed E-state index contributed by atoms with van der Waals surface area (Å²) < 4.78 is 26.1. The van der Waals surface area contributed by atoms with E-state index in [1.165, 1.54) is 17.8 Å². The summed E-state index contributed by atoms with van der Waals surface area (Å²) in [4.78, 5) is 4.36. The molecule has 0 aliphatic heterocycles. The van der Waals surface area contributed by atoms with Crippen LogP contribution in [-0.2, 0) is 0 Å². The number of nitrogens with zero attached hydrogens (tertiary/aromatic N) is 2. The van der Waals surface area contributed by atoms with Crippen LogP contribution in [0.4, 0.5) is 8.78 Å². The molecular formula is C17H15F2N3OS. The SMILES string of the molecule is Cc1ccc(-c2nc(SCC(O)c3ccc(F)c(F)c3)n[nH]2)cc1. The van der Waals surface area contributed by atoms with E-state index in [4.69, 9.17) is 0 Å². The number of thioether (sulfide) groups is 1. The predicted octanol–water partition coefficient (Wildman–Crippen LogP) is 3.88. The van der Waals surface area contributed by atoms with Crippen LogP contribution in [0, 0.1) is 18.6 Å². The number of aromatic amines is 1. The Kier molecular flexibility index (Phi) is 4.92. The lowest BCUT2D eigenvalue weighted by atomic mass is 10.1. The molecule has 3 rings (SSSR count). The van der Waals surface area contributed by atoms with Gasteiger partial charge in [0.2, 0.25) is 5.16 Å². The maximum Gasteiger partial charge on any atom is 0.208 e. The Hall–Kier alpha value is -2.25. The number of H-pyrrole nitrogens is 1. The van der Waals surface area contributed by atoms with Crippen LogP contribution in [0.15, 0.2) is 47.6 Å². The van der Waals surface area contributed by atoms with Crippen LogP contribution in [0.5, 0.6) is 0 Å². The zero-order valence-corrected chi connectivity index (χ0v) is 13.6. The van der Waals surface area contributed by atoms with Gasteiger partial charge in [-0.1, -0.05) is 47.7 Å². The second kappa shape index (κ2) is 7.11. The molecule has 1 heterocycles. The van der Waals surface area contributed by atoms with E-state index in [2.05, 4.69) is 15.2 Å². The number of rotatable bonds is 5. The fourth-order valence-electron chi connectivity index (χ4n) is 2.12. The van der Waals surface area contributed by atoms with Crippen molar-refractivity contribution in [1.82, 2.24) is 15.2 Å². The zero-order valence-electron chi connectivity index (χ0n) is 12.8. The van der Waals surface area contributed by atoms with Crippen molar-refractivity contribution in [3.8, 4) is 11.4 Å². The maximum atomic E-state index is 13.2. The molecule has 0 saturated heterocycles. The predicted molar refractivity (Wildman–Crippen MR) is 88.6 cm³/mol. The van der Waals surface area contributed by atoms with Crippen molar-refractivity contribution >= 4 is 11.8 Å². The van der Waals surface area contributed by atoms with Gasteiger partial charge < -0.3 is 5.11 Å². The van der Waals surface area contributed by atoms with E-state index in [0.29, 0.717) is 16.5 Å². The number of hydrogen-bond acceptors (Lipinski definition) is 4. The summed E-state index contributed by atoms with van der Waals surface area (Å²) in [5.74, 6) is -1.04. The van der Waals surface area contributed by atoms with E-state index in [-0.39, 0.29) is 5.75 Å². The van der Waals surface area contributed by atoms with Crippen molar-refractivity contribution in [3.63, 3.8) is 0 Å². The third kappa shape index (κ3) is 3.80. The van der Waals surface area contributed by atoms with E-state index in [9.17, 15) is 13.9 Å². The standard InChI is InChI=1S/C17H15F2N3OS/c1-10-2-4-11(5-3-10)16-20-17(22-21-16)24-9-15(23)12-6-7-13(18)14(19)8-12/h2-8,15,23H,9H2,1H3,(H,20,21,22). The Bertz CT molecular complexity index is 836. The van der Waals surface area contributed by atoms with Crippen LogP contribution in [0.25, 0.3) is 11.4 Å². The Morgan fingerprint density at radius 2 is 1.88 bits per heavy atom. The molecule has 1 aromatic heterocycles. The van der Waals surface area contributed by atoms with Gasteiger partial charge in [0.05, 0.1) is 6.10 Å². The number of benzene rings is 2. The lowest BCUT2D eigenvalue weighted by Crippen LogP contribution is -2.02. The van der Waals surface area contributed by atoms with E-state index in [1.807, 2.05) is 31.2 Å². The number of nitrogens with one attached hydrogen (secondary N) is 1. The Morgan fingerprint density at radius 1 is 1.12 bits per heavy atom. The van der Waals surface area contributed by atoms with Crippen molar-refractivity contribution in [2.45, 2.75) is 18.2 Å². The summed E-state index contributed by atoms with van der Waals surface area (Å²) in [6.45, 7) is 2.01. The summed E-state index contributed by atoms with van der Waals surface area (Å²) in [5.41, 5.74) is 2.39. The number of aliphatic hydroxyl groups excluding tert-OH is 1. The van der Waals surface area contributed by atoms with E-state index in [0.717, 1.165) is 23.3 Å².